The van der Waals surface area contributed by atoms with Crippen LogP contribution in [0.2, 0.25) is 10.0 Å². The number of carbonyl (C=O) groups excluding carboxylic acids is 1. The van der Waals surface area contributed by atoms with Crippen molar-refractivity contribution < 1.29 is 4.79 Å². The molecule has 3 rings (SSSR count). The molecular formula is C18H17Cl2N5O. The van der Waals surface area contributed by atoms with E-state index in [0.717, 1.165) is 16.7 Å². The number of aromatic nitrogens is 4. The molecule has 0 saturated carbocycles. The number of rotatable bonds is 6. The van der Waals surface area contributed by atoms with Gasteiger partial charge in [-0.1, -0.05) is 53.5 Å². The Balaban J connectivity index is 1.53. The minimum atomic E-state index is -0.191. The maximum absolute atomic E-state index is 12.1. The Labute approximate surface area is 161 Å². The fraction of sp³-hybridized carbons (Fsp3) is 0.222. The highest BCUT2D eigenvalue weighted by atomic mass is 35.5. The molecule has 26 heavy (non-hydrogen) atoms. The third kappa shape index (κ3) is 4.59. The first-order valence-corrected chi connectivity index (χ1v) is 8.83. The van der Waals surface area contributed by atoms with Crippen LogP contribution in [0.4, 0.5) is 0 Å². The monoisotopic (exact) mass is 389 g/mol. The molecule has 6 nitrogen and oxygen atoms in total. The zero-order valence-electron chi connectivity index (χ0n) is 14.1. The van der Waals surface area contributed by atoms with Crippen molar-refractivity contribution in [2.75, 3.05) is 6.54 Å². The normalized spacial score (nSPS) is 10.7. The average molecular weight is 390 g/mol. The number of halogens is 2. The molecule has 0 aliphatic rings. The second-order valence-corrected chi connectivity index (χ2v) is 6.64. The lowest BCUT2D eigenvalue weighted by molar-refractivity contribution is -0.122. The molecule has 0 bridgehead atoms. The number of tetrazole rings is 1. The summed E-state index contributed by atoms with van der Waals surface area (Å²) in [6, 6.07) is 13.1. The van der Waals surface area contributed by atoms with Crippen LogP contribution in [0.25, 0.3) is 11.4 Å². The number of nitrogens with one attached hydrogen (secondary N) is 1. The zero-order valence-corrected chi connectivity index (χ0v) is 15.6. The first-order valence-electron chi connectivity index (χ1n) is 8.07. The summed E-state index contributed by atoms with van der Waals surface area (Å²) < 4.78 is 0. The number of amides is 1. The largest absolute Gasteiger partial charge is 0.354 e. The van der Waals surface area contributed by atoms with E-state index < -0.39 is 0 Å². The van der Waals surface area contributed by atoms with Gasteiger partial charge in [0, 0.05) is 22.2 Å². The van der Waals surface area contributed by atoms with Gasteiger partial charge < -0.3 is 5.32 Å². The lowest BCUT2D eigenvalue weighted by atomic mass is 10.1. The minimum absolute atomic E-state index is 0.00717. The SMILES string of the molecule is Cc1ccccc1-c1nnn(CC(=O)NCCc2ccc(Cl)cc2Cl)n1. The molecule has 0 spiro atoms. The van der Waals surface area contributed by atoms with Crippen molar-refractivity contribution in [3.05, 3.63) is 63.6 Å². The van der Waals surface area contributed by atoms with Crippen molar-refractivity contribution in [2.24, 2.45) is 0 Å². The maximum atomic E-state index is 12.1. The number of nitrogens with zero attached hydrogens (tertiary/aromatic N) is 4. The van der Waals surface area contributed by atoms with Crippen LogP contribution < -0.4 is 5.32 Å². The summed E-state index contributed by atoms with van der Waals surface area (Å²) in [5.74, 6) is 0.313. The van der Waals surface area contributed by atoms with E-state index >= 15 is 0 Å². The molecule has 0 aliphatic carbocycles. The van der Waals surface area contributed by atoms with Crippen LogP contribution in [-0.2, 0) is 17.8 Å². The Morgan fingerprint density at radius 1 is 1.19 bits per heavy atom. The van der Waals surface area contributed by atoms with Gasteiger partial charge in [-0.25, -0.2) is 0 Å². The quantitative estimate of drug-likeness (QED) is 0.701. The Hall–Kier alpha value is -2.44. The van der Waals surface area contributed by atoms with Gasteiger partial charge in [0.1, 0.15) is 6.54 Å². The number of hydrogen-bond donors (Lipinski definition) is 1. The molecular weight excluding hydrogens is 373 g/mol. The zero-order chi connectivity index (χ0) is 18.5. The summed E-state index contributed by atoms with van der Waals surface area (Å²) in [6.45, 7) is 2.44. The predicted molar refractivity (Wildman–Crippen MR) is 101 cm³/mol. The van der Waals surface area contributed by atoms with Gasteiger partial charge in [0.15, 0.2) is 0 Å². The first kappa shape index (κ1) is 18.4. The molecule has 0 radical (unpaired) electrons. The van der Waals surface area contributed by atoms with Gasteiger partial charge in [-0.15, -0.1) is 10.2 Å². The van der Waals surface area contributed by atoms with Crippen LogP contribution in [0.5, 0.6) is 0 Å². The van der Waals surface area contributed by atoms with Crippen molar-refractivity contribution in [2.45, 2.75) is 19.9 Å². The van der Waals surface area contributed by atoms with Gasteiger partial charge in [0.2, 0.25) is 11.7 Å². The third-order valence-electron chi connectivity index (χ3n) is 3.86. The van der Waals surface area contributed by atoms with Crippen LogP contribution in [0, 0.1) is 6.92 Å². The third-order valence-corrected chi connectivity index (χ3v) is 4.44. The Morgan fingerprint density at radius 2 is 2.00 bits per heavy atom. The van der Waals surface area contributed by atoms with Crippen LogP contribution in [-0.4, -0.2) is 32.7 Å². The fourth-order valence-corrected chi connectivity index (χ4v) is 2.99. The van der Waals surface area contributed by atoms with E-state index in [-0.39, 0.29) is 12.5 Å². The van der Waals surface area contributed by atoms with Crippen molar-refractivity contribution in [3.63, 3.8) is 0 Å². The molecule has 1 N–H and O–H groups in total. The van der Waals surface area contributed by atoms with E-state index in [9.17, 15) is 4.79 Å². The number of aryl methyl sites for hydroxylation is 1. The molecule has 3 aromatic rings. The lowest BCUT2D eigenvalue weighted by Crippen LogP contribution is -2.30. The summed E-state index contributed by atoms with van der Waals surface area (Å²) in [4.78, 5) is 13.3. The topological polar surface area (TPSA) is 72.7 Å². The van der Waals surface area contributed by atoms with Crippen LogP contribution in [0.3, 0.4) is 0 Å². The molecule has 1 heterocycles. The summed E-state index contributed by atoms with van der Waals surface area (Å²) >= 11 is 12.0. The summed E-state index contributed by atoms with van der Waals surface area (Å²) in [7, 11) is 0. The number of carbonyl (C=O) groups is 1. The standard InChI is InChI=1S/C18H17Cl2N5O/c1-12-4-2-3-5-15(12)18-22-24-25(23-18)11-17(26)21-9-8-13-6-7-14(19)10-16(13)20/h2-7,10H,8-9,11H2,1H3,(H,21,26). The maximum Gasteiger partial charge on any atom is 0.243 e. The molecule has 0 saturated heterocycles. The van der Waals surface area contributed by atoms with Gasteiger partial charge in [0.05, 0.1) is 0 Å². The molecule has 2 aromatic carbocycles. The van der Waals surface area contributed by atoms with Crippen molar-refractivity contribution >= 4 is 29.1 Å². The molecule has 8 heteroatoms. The number of benzene rings is 2. The molecule has 0 unspecified atom stereocenters. The molecule has 1 aromatic heterocycles. The second kappa shape index (κ2) is 8.29. The average Bonchev–Trinajstić information content (AvgIpc) is 3.05. The Kier molecular flexibility index (Phi) is 5.85. The van der Waals surface area contributed by atoms with Gasteiger partial charge in [-0.3, -0.25) is 4.79 Å². The predicted octanol–water partition coefficient (Wildman–Crippen LogP) is 3.31. The van der Waals surface area contributed by atoms with Crippen LogP contribution in [0.1, 0.15) is 11.1 Å². The van der Waals surface area contributed by atoms with E-state index in [1.54, 1.807) is 12.1 Å². The highest BCUT2D eigenvalue weighted by Gasteiger charge is 2.11. The fourth-order valence-electron chi connectivity index (χ4n) is 2.49. The molecule has 134 valence electrons. The molecule has 0 atom stereocenters. The van der Waals surface area contributed by atoms with E-state index in [2.05, 4.69) is 20.7 Å². The van der Waals surface area contributed by atoms with E-state index in [1.807, 2.05) is 37.3 Å². The van der Waals surface area contributed by atoms with Crippen LogP contribution >= 0.6 is 23.2 Å². The Bertz CT molecular complexity index is 925. The van der Waals surface area contributed by atoms with E-state index in [4.69, 9.17) is 23.2 Å². The molecule has 0 fully saturated rings. The van der Waals surface area contributed by atoms with Gasteiger partial charge >= 0.3 is 0 Å². The van der Waals surface area contributed by atoms with E-state index in [0.29, 0.717) is 28.8 Å². The van der Waals surface area contributed by atoms with Crippen molar-refractivity contribution in [1.29, 1.82) is 0 Å². The van der Waals surface area contributed by atoms with E-state index in [1.165, 1.54) is 4.80 Å². The molecule has 0 aliphatic heterocycles. The highest BCUT2D eigenvalue weighted by Crippen LogP contribution is 2.21. The van der Waals surface area contributed by atoms with Gasteiger partial charge in [-0.05, 0) is 41.8 Å². The summed E-state index contributed by atoms with van der Waals surface area (Å²) in [5, 5.41) is 16.2. The Morgan fingerprint density at radius 3 is 2.77 bits per heavy atom. The smallest absolute Gasteiger partial charge is 0.243 e. The van der Waals surface area contributed by atoms with Crippen molar-refractivity contribution in [3.8, 4) is 11.4 Å². The lowest BCUT2D eigenvalue weighted by Gasteiger charge is -2.06. The first-order chi connectivity index (χ1) is 12.5. The number of hydrogen-bond acceptors (Lipinski definition) is 4. The van der Waals surface area contributed by atoms with Gasteiger partial charge in [-0.2, -0.15) is 4.80 Å². The minimum Gasteiger partial charge on any atom is -0.354 e. The highest BCUT2D eigenvalue weighted by molar-refractivity contribution is 6.35. The van der Waals surface area contributed by atoms with Crippen molar-refractivity contribution in [1.82, 2.24) is 25.5 Å². The van der Waals surface area contributed by atoms with Crippen LogP contribution in [0.15, 0.2) is 42.5 Å². The summed E-state index contributed by atoms with van der Waals surface area (Å²) in [6.07, 6.45) is 0.612. The van der Waals surface area contributed by atoms with Gasteiger partial charge in [0.25, 0.3) is 0 Å². The molecule has 1 amide bonds. The summed E-state index contributed by atoms with van der Waals surface area (Å²) in [5.41, 5.74) is 2.88. The second-order valence-electron chi connectivity index (χ2n) is 5.79.